The minimum atomic E-state index is -0.852. The van der Waals surface area contributed by atoms with Crippen molar-refractivity contribution in [3.05, 3.63) is 6.20 Å². The molecule has 27 heavy (non-hydrogen) atoms. The highest BCUT2D eigenvalue weighted by Crippen LogP contribution is 2.30. The van der Waals surface area contributed by atoms with Gasteiger partial charge in [-0.15, -0.1) is 0 Å². The molecule has 1 aromatic rings. The lowest BCUT2D eigenvalue weighted by molar-refractivity contribution is 0.104. The van der Waals surface area contributed by atoms with Crippen LogP contribution in [0.25, 0.3) is 0 Å². The molecule has 10 heteroatoms. The number of rotatable bonds is 4. The van der Waals surface area contributed by atoms with Crippen molar-refractivity contribution in [2.45, 2.75) is 39.2 Å². The van der Waals surface area contributed by atoms with Crippen molar-refractivity contribution in [2.75, 3.05) is 31.6 Å². The average Bonchev–Trinajstić information content (AvgIpc) is 3.11. The number of nitrogens with one attached hydrogen (secondary N) is 1. The number of hydrogen-bond acceptors (Lipinski definition) is 7. The van der Waals surface area contributed by atoms with Crippen LogP contribution in [-0.4, -0.2) is 65.2 Å². The molecule has 0 aliphatic carbocycles. The Morgan fingerprint density at radius 3 is 2.81 bits per heavy atom. The van der Waals surface area contributed by atoms with E-state index in [9.17, 15) is 9.59 Å². The molecule has 0 saturated carbocycles. The summed E-state index contributed by atoms with van der Waals surface area (Å²) in [4.78, 5) is 40.5. The minimum Gasteiger partial charge on any atom is -0.434 e. The zero-order chi connectivity index (χ0) is 19.6. The highest BCUT2D eigenvalue weighted by atomic mass is 16.7. The number of anilines is 1. The van der Waals surface area contributed by atoms with Crippen LogP contribution in [0.1, 0.15) is 33.6 Å². The third-order valence-electron chi connectivity index (χ3n) is 4.23. The summed E-state index contributed by atoms with van der Waals surface area (Å²) in [7, 11) is 1.94. The van der Waals surface area contributed by atoms with E-state index in [1.165, 1.54) is 11.1 Å². The average molecular weight is 376 g/mol. The van der Waals surface area contributed by atoms with E-state index >= 15 is 0 Å². The monoisotopic (exact) mass is 376 g/mol. The lowest BCUT2D eigenvalue weighted by atomic mass is 10.1. The summed E-state index contributed by atoms with van der Waals surface area (Å²) in [6.45, 7) is 7.01. The van der Waals surface area contributed by atoms with E-state index in [4.69, 9.17) is 9.47 Å². The normalized spacial score (nSPS) is 20.1. The molecule has 3 rings (SSSR count). The molecule has 0 atom stereocenters. The molecule has 2 saturated heterocycles. The van der Waals surface area contributed by atoms with Crippen molar-refractivity contribution in [3.8, 4) is 5.75 Å². The number of likely N-dealkylation sites (tertiary alicyclic amines) is 1. The van der Waals surface area contributed by atoms with Gasteiger partial charge in [-0.25, -0.2) is 19.6 Å². The molecule has 146 valence electrons. The third-order valence-corrected chi connectivity index (χ3v) is 4.23. The maximum Gasteiger partial charge on any atom is 0.514 e. The Balaban J connectivity index is 1.95. The Morgan fingerprint density at radius 2 is 2.22 bits per heavy atom. The van der Waals surface area contributed by atoms with E-state index in [0.29, 0.717) is 6.54 Å². The fourth-order valence-electron chi connectivity index (χ4n) is 2.95. The van der Waals surface area contributed by atoms with Crippen LogP contribution in [0.3, 0.4) is 0 Å². The molecule has 0 aromatic carbocycles. The summed E-state index contributed by atoms with van der Waals surface area (Å²) in [6.07, 6.45) is 2.28. The van der Waals surface area contributed by atoms with Crippen molar-refractivity contribution >= 4 is 29.8 Å². The molecular weight excluding hydrogens is 352 g/mol. The topological polar surface area (TPSA) is 109 Å². The number of aromatic nitrogens is 2. The first-order chi connectivity index (χ1) is 12.8. The fraction of sp³-hybridized carbons (Fsp3) is 0.588. The summed E-state index contributed by atoms with van der Waals surface area (Å²) in [5.41, 5.74) is -0.391. The first kappa shape index (κ1) is 18.9. The molecule has 2 aliphatic heterocycles. The van der Waals surface area contributed by atoms with Crippen molar-refractivity contribution in [1.82, 2.24) is 20.2 Å². The van der Waals surface area contributed by atoms with Gasteiger partial charge in [-0.05, 0) is 27.2 Å². The van der Waals surface area contributed by atoms with Crippen LogP contribution in [0, 0.1) is 0 Å². The van der Waals surface area contributed by atoms with Crippen molar-refractivity contribution in [2.24, 2.45) is 4.99 Å². The Morgan fingerprint density at radius 1 is 1.44 bits per heavy atom. The standard InChI is InChI=1S/C17H24N6O4/c1-5-26-16(25)27-11-9-18-14(23-10-17(2,3)21-15(23)24)20-13(11)19-12-7-6-8-22(12)4/h9H,5-8,10H2,1-4H3,(H,21,24). The second-order valence-corrected chi connectivity index (χ2v) is 7.10. The van der Waals surface area contributed by atoms with Crippen LogP contribution >= 0.6 is 0 Å². The molecule has 0 bridgehead atoms. The zero-order valence-corrected chi connectivity index (χ0v) is 16.0. The summed E-state index contributed by atoms with van der Waals surface area (Å²) in [6, 6.07) is -0.282. The number of amidine groups is 1. The Hall–Kier alpha value is -2.91. The van der Waals surface area contributed by atoms with E-state index in [-0.39, 0.29) is 30.2 Å². The Labute approximate surface area is 157 Å². The molecular formula is C17H24N6O4. The van der Waals surface area contributed by atoms with Gasteiger partial charge in [0.05, 0.1) is 24.9 Å². The predicted molar refractivity (Wildman–Crippen MR) is 98.6 cm³/mol. The second-order valence-electron chi connectivity index (χ2n) is 7.10. The molecule has 0 spiro atoms. The summed E-state index contributed by atoms with van der Waals surface area (Å²) < 4.78 is 10.0. The zero-order valence-electron chi connectivity index (χ0n) is 16.0. The van der Waals surface area contributed by atoms with Gasteiger partial charge in [0.25, 0.3) is 0 Å². The van der Waals surface area contributed by atoms with Crippen LogP contribution in [0.5, 0.6) is 5.75 Å². The van der Waals surface area contributed by atoms with E-state index in [0.717, 1.165) is 25.2 Å². The van der Waals surface area contributed by atoms with Gasteiger partial charge in [-0.1, -0.05) is 0 Å². The highest BCUT2D eigenvalue weighted by molar-refractivity contribution is 5.94. The fourth-order valence-corrected chi connectivity index (χ4v) is 2.95. The van der Waals surface area contributed by atoms with Gasteiger partial charge >= 0.3 is 12.2 Å². The van der Waals surface area contributed by atoms with E-state index < -0.39 is 11.7 Å². The van der Waals surface area contributed by atoms with Gasteiger partial charge in [0.2, 0.25) is 11.8 Å². The maximum atomic E-state index is 12.2. The molecule has 2 fully saturated rings. The molecule has 0 radical (unpaired) electrons. The number of nitrogens with zero attached hydrogens (tertiary/aromatic N) is 5. The number of hydrogen-bond donors (Lipinski definition) is 1. The number of carbonyl (C=O) groups is 2. The van der Waals surface area contributed by atoms with Gasteiger partial charge in [0.15, 0.2) is 5.75 Å². The van der Waals surface area contributed by atoms with Crippen LogP contribution in [0.4, 0.5) is 21.4 Å². The lowest BCUT2D eigenvalue weighted by Gasteiger charge is -2.17. The van der Waals surface area contributed by atoms with E-state index in [1.54, 1.807) is 6.92 Å². The van der Waals surface area contributed by atoms with Gasteiger partial charge in [-0.3, -0.25) is 4.90 Å². The number of aliphatic imine (C=N–C) groups is 1. The SMILES string of the molecule is CCOC(=O)Oc1cnc(N2CC(C)(C)NC2=O)nc1N=C1CCCN1C. The van der Waals surface area contributed by atoms with Crippen LogP contribution < -0.4 is 15.0 Å². The smallest absolute Gasteiger partial charge is 0.434 e. The quantitative estimate of drug-likeness (QED) is 0.801. The number of urea groups is 1. The lowest BCUT2D eigenvalue weighted by Crippen LogP contribution is -2.36. The summed E-state index contributed by atoms with van der Waals surface area (Å²) >= 11 is 0. The predicted octanol–water partition coefficient (Wildman–Crippen LogP) is 2.08. The third kappa shape index (κ3) is 4.26. The Kier molecular flexibility index (Phi) is 5.15. The number of amides is 2. The van der Waals surface area contributed by atoms with Crippen LogP contribution in [0.15, 0.2) is 11.2 Å². The largest absolute Gasteiger partial charge is 0.514 e. The molecule has 1 N–H and O–H groups in total. The Bertz CT molecular complexity index is 779. The molecule has 2 amide bonds. The maximum absolute atomic E-state index is 12.2. The summed E-state index contributed by atoms with van der Waals surface area (Å²) in [5, 5.41) is 2.86. The van der Waals surface area contributed by atoms with E-state index in [1.807, 2.05) is 25.8 Å². The van der Waals surface area contributed by atoms with Gasteiger partial charge in [-0.2, -0.15) is 4.98 Å². The van der Waals surface area contributed by atoms with Gasteiger partial charge in [0.1, 0.15) is 5.84 Å². The van der Waals surface area contributed by atoms with E-state index in [2.05, 4.69) is 20.3 Å². The van der Waals surface area contributed by atoms with Crippen LogP contribution in [0.2, 0.25) is 0 Å². The molecule has 10 nitrogen and oxygen atoms in total. The van der Waals surface area contributed by atoms with Crippen LogP contribution in [-0.2, 0) is 4.74 Å². The summed E-state index contributed by atoms with van der Waals surface area (Å²) in [5.74, 6) is 1.31. The van der Waals surface area contributed by atoms with Crippen molar-refractivity contribution in [1.29, 1.82) is 0 Å². The number of carbonyl (C=O) groups excluding carboxylic acids is 2. The van der Waals surface area contributed by atoms with Crippen molar-refractivity contribution < 1.29 is 19.1 Å². The first-order valence-corrected chi connectivity index (χ1v) is 8.89. The minimum absolute atomic E-state index is 0.0869. The van der Waals surface area contributed by atoms with Crippen molar-refractivity contribution in [3.63, 3.8) is 0 Å². The molecule has 1 aromatic heterocycles. The highest BCUT2D eigenvalue weighted by Gasteiger charge is 2.37. The molecule has 3 heterocycles. The second kappa shape index (κ2) is 7.37. The molecule has 2 aliphatic rings. The molecule has 0 unspecified atom stereocenters. The van der Waals surface area contributed by atoms with Gasteiger partial charge < -0.3 is 19.7 Å². The first-order valence-electron chi connectivity index (χ1n) is 8.89. The van der Waals surface area contributed by atoms with Gasteiger partial charge in [0, 0.05) is 20.0 Å². The number of ether oxygens (including phenoxy) is 2.